The van der Waals surface area contributed by atoms with Gasteiger partial charge in [-0.3, -0.25) is 4.79 Å². The number of carbonyl (C=O) groups excluding carboxylic acids is 1. The Morgan fingerprint density at radius 3 is 2.57 bits per heavy atom. The Kier molecular flexibility index (Phi) is 7.76. The molecule has 0 aliphatic heterocycles. The Morgan fingerprint density at radius 2 is 1.90 bits per heavy atom. The predicted octanol–water partition coefficient (Wildman–Crippen LogP) is 5.32. The maximum absolute atomic E-state index is 12.8. The molecule has 0 saturated heterocycles. The zero-order chi connectivity index (χ0) is 21.5. The summed E-state index contributed by atoms with van der Waals surface area (Å²) in [7, 11) is 1.64. The van der Waals surface area contributed by atoms with E-state index in [2.05, 4.69) is 10.2 Å². The minimum absolute atomic E-state index is 0.0131. The second kappa shape index (κ2) is 10.5. The molecular weight excluding hydrogens is 422 g/mol. The van der Waals surface area contributed by atoms with Gasteiger partial charge in [0.05, 0.1) is 24.2 Å². The number of ether oxygens (including phenoxy) is 1. The van der Waals surface area contributed by atoms with Gasteiger partial charge in [-0.15, -0.1) is 22.0 Å². The quantitative estimate of drug-likeness (QED) is 0.415. The summed E-state index contributed by atoms with van der Waals surface area (Å²) in [6, 6.07) is 15.1. The molecule has 2 aromatic carbocycles. The first-order valence-electron chi connectivity index (χ1n) is 9.61. The molecule has 1 aromatic heterocycles. The highest BCUT2D eigenvalue weighted by molar-refractivity contribution is 7.99. The maximum Gasteiger partial charge on any atom is 0.249 e. The van der Waals surface area contributed by atoms with E-state index in [0.717, 1.165) is 10.6 Å². The van der Waals surface area contributed by atoms with E-state index < -0.39 is 0 Å². The Balaban J connectivity index is 1.58. The number of methoxy groups -OCH3 is 1. The van der Waals surface area contributed by atoms with E-state index in [-0.39, 0.29) is 18.5 Å². The molecule has 0 saturated carbocycles. The summed E-state index contributed by atoms with van der Waals surface area (Å²) in [5.74, 6) is 2.28. The van der Waals surface area contributed by atoms with Crippen LogP contribution in [0.15, 0.2) is 57.8 Å². The van der Waals surface area contributed by atoms with Crippen LogP contribution in [-0.4, -0.2) is 39.9 Å². The van der Waals surface area contributed by atoms with Crippen molar-refractivity contribution in [1.82, 2.24) is 15.1 Å². The number of benzene rings is 2. The fraction of sp³-hybridized carbons (Fsp3) is 0.318. The summed E-state index contributed by atoms with van der Waals surface area (Å²) in [6.07, 6.45) is 0.417. The van der Waals surface area contributed by atoms with Gasteiger partial charge in [0.15, 0.2) is 0 Å². The molecule has 0 aliphatic rings. The Bertz CT molecular complexity index is 976. The van der Waals surface area contributed by atoms with Crippen LogP contribution in [0.2, 0.25) is 5.02 Å². The first-order valence-corrected chi connectivity index (χ1v) is 11.0. The molecule has 0 fully saturated rings. The SMILES string of the molecule is COc1ccc(SCCC(=O)N(Cc2nnc(-c3ccccc3Cl)o2)C(C)C)cc1. The van der Waals surface area contributed by atoms with E-state index in [0.29, 0.717) is 34.5 Å². The molecular formula is C22H24ClN3O3S. The molecule has 0 atom stereocenters. The average Bonchev–Trinajstić information content (AvgIpc) is 3.21. The highest BCUT2D eigenvalue weighted by Crippen LogP contribution is 2.27. The molecule has 8 heteroatoms. The molecule has 1 heterocycles. The molecule has 0 spiro atoms. The van der Waals surface area contributed by atoms with Gasteiger partial charge in [-0.05, 0) is 50.2 Å². The van der Waals surface area contributed by atoms with Crippen molar-refractivity contribution in [3.63, 3.8) is 0 Å². The fourth-order valence-electron chi connectivity index (χ4n) is 2.84. The van der Waals surface area contributed by atoms with Gasteiger partial charge in [0.1, 0.15) is 5.75 Å². The normalized spacial score (nSPS) is 11.0. The number of halogens is 1. The number of aromatic nitrogens is 2. The van der Waals surface area contributed by atoms with E-state index in [1.54, 1.807) is 29.8 Å². The monoisotopic (exact) mass is 445 g/mol. The minimum Gasteiger partial charge on any atom is -0.497 e. The molecule has 0 radical (unpaired) electrons. The summed E-state index contributed by atoms with van der Waals surface area (Å²) >= 11 is 7.83. The zero-order valence-corrected chi connectivity index (χ0v) is 18.7. The standard InChI is InChI=1S/C22H24ClN3O3S/c1-15(2)26(21(27)12-13-30-17-10-8-16(28-3)9-11-17)14-20-24-25-22(29-20)18-6-4-5-7-19(18)23/h4-11,15H,12-14H2,1-3H3. The number of rotatable bonds is 9. The second-order valence-corrected chi connectivity index (χ2v) is 8.45. The van der Waals surface area contributed by atoms with Crippen LogP contribution in [0, 0.1) is 0 Å². The van der Waals surface area contributed by atoms with Crippen LogP contribution in [0.1, 0.15) is 26.2 Å². The summed E-state index contributed by atoms with van der Waals surface area (Å²) < 4.78 is 10.9. The molecule has 30 heavy (non-hydrogen) atoms. The fourth-order valence-corrected chi connectivity index (χ4v) is 3.89. The largest absolute Gasteiger partial charge is 0.497 e. The summed E-state index contributed by atoms with van der Waals surface area (Å²) in [4.78, 5) is 15.6. The minimum atomic E-state index is 0.0131. The molecule has 3 rings (SSSR count). The molecule has 0 N–H and O–H groups in total. The smallest absolute Gasteiger partial charge is 0.249 e. The van der Waals surface area contributed by atoms with E-state index in [1.165, 1.54) is 0 Å². The van der Waals surface area contributed by atoms with Gasteiger partial charge in [-0.25, -0.2) is 0 Å². The third-order valence-electron chi connectivity index (χ3n) is 4.46. The Morgan fingerprint density at radius 1 is 1.17 bits per heavy atom. The molecule has 0 aliphatic carbocycles. The lowest BCUT2D eigenvalue weighted by Gasteiger charge is -2.25. The number of hydrogen-bond acceptors (Lipinski definition) is 6. The molecule has 0 unspecified atom stereocenters. The lowest BCUT2D eigenvalue weighted by atomic mass is 10.2. The highest BCUT2D eigenvalue weighted by Gasteiger charge is 2.21. The van der Waals surface area contributed by atoms with Crippen LogP contribution in [0.4, 0.5) is 0 Å². The van der Waals surface area contributed by atoms with Crippen LogP contribution < -0.4 is 4.74 Å². The van der Waals surface area contributed by atoms with E-state index in [1.807, 2.05) is 56.3 Å². The number of carbonyl (C=O) groups is 1. The van der Waals surface area contributed by atoms with Crippen LogP contribution in [0.25, 0.3) is 11.5 Å². The van der Waals surface area contributed by atoms with Gasteiger partial charge < -0.3 is 14.1 Å². The number of nitrogens with zero attached hydrogens (tertiary/aromatic N) is 3. The van der Waals surface area contributed by atoms with Crippen molar-refractivity contribution in [2.75, 3.05) is 12.9 Å². The van der Waals surface area contributed by atoms with Crippen molar-refractivity contribution >= 4 is 29.3 Å². The second-order valence-electron chi connectivity index (χ2n) is 6.87. The highest BCUT2D eigenvalue weighted by atomic mass is 35.5. The van der Waals surface area contributed by atoms with E-state index >= 15 is 0 Å². The lowest BCUT2D eigenvalue weighted by molar-refractivity contribution is -0.133. The van der Waals surface area contributed by atoms with Gasteiger partial charge in [-0.2, -0.15) is 0 Å². The van der Waals surface area contributed by atoms with E-state index in [4.69, 9.17) is 20.8 Å². The van der Waals surface area contributed by atoms with Gasteiger partial charge >= 0.3 is 0 Å². The number of amides is 1. The van der Waals surface area contributed by atoms with Crippen LogP contribution >= 0.6 is 23.4 Å². The van der Waals surface area contributed by atoms with Gasteiger partial charge in [0.2, 0.25) is 17.7 Å². The van der Waals surface area contributed by atoms with E-state index in [9.17, 15) is 4.79 Å². The van der Waals surface area contributed by atoms with Crippen LogP contribution in [-0.2, 0) is 11.3 Å². The Hall–Kier alpha value is -2.51. The summed E-state index contributed by atoms with van der Waals surface area (Å²) in [5.41, 5.74) is 0.677. The molecule has 158 valence electrons. The van der Waals surface area contributed by atoms with Crippen LogP contribution in [0.5, 0.6) is 5.75 Å². The topological polar surface area (TPSA) is 68.5 Å². The molecule has 0 bridgehead atoms. The van der Waals surface area contributed by atoms with Gasteiger partial charge in [-0.1, -0.05) is 23.7 Å². The third-order valence-corrected chi connectivity index (χ3v) is 5.81. The van der Waals surface area contributed by atoms with Crippen molar-refractivity contribution in [3.05, 3.63) is 59.4 Å². The number of hydrogen-bond donors (Lipinski definition) is 0. The first kappa shape index (κ1) is 22.2. The molecule has 6 nitrogen and oxygen atoms in total. The third kappa shape index (κ3) is 5.77. The number of thioether (sulfide) groups is 1. The predicted molar refractivity (Wildman–Crippen MR) is 119 cm³/mol. The van der Waals surface area contributed by atoms with Crippen molar-refractivity contribution in [2.24, 2.45) is 0 Å². The lowest BCUT2D eigenvalue weighted by Crippen LogP contribution is -2.36. The van der Waals surface area contributed by atoms with Crippen molar-refractivity contribution in [3.8, 4) is 17.2 Å². The first-order chi connectivity index (χ1) is 14.5. The Labute approximate surface area is 185 Å². The summed E-state index contributed by atoms with van der Waals surface area (Å²) in [5, 5.41) is 8.72. The summed E-state index contributed by atoms with van der Waals surface area (Å²) in [6.45, 7) is 4.21. The van der Waals surface area contributed by atoms with Gasteiger partial charge in [0.25, 0.3) is 0 Å². The zero-order valence-electron chi connectivity index (χ0n) is 17.2. The molecule has 1 amide bonds. The average molecular weight is 446 g/mol. The van der Waals surface area contributed by atoms with Crippen molar-refractivity contribution in [1.29, 1.82) is 0 Å². The van der Waals surface area contributed by atoms with Crippen molar-refractivity contribution in [2.45, 2.75) is 37.8 Å². The van der Waals surface area contributed by atoms with Crippen molar-refractivity contribution < 1.29 is 13.9 Å². The van der Waals surface area contributed by atoms with Crippen LogP contribution in [0.3, 0.4) is 0 Å². The van der Waals surface area contributed by atoms with Gasteiger partial charge in [0, 0.05) is 23.1 Å². The molecule has 3 aromatic rings. The maximum atomic E-state index is 12.8.